The van der Waals surface area contributed by atoms with E-state index in [9.17, 15) is 4.79 Å². The molecule has 152 valence electrons. The largest absolute Gasteiger partial charge is 0.372 e. The molecule has 7 heteroatoms. The Hall–Kier alpha value is -2.80. The van der Waals surface area contributed by atoms with E-state index in [1.165, 1.54) is 11.8 Å². The molecule has 1 amide bonds. The van der Waals surface area contributed by atoms with Gasteiger partial charge in [0.05, 0.1) is 11.3 Å². The number of aromatic nitrogens is 2. The molecule has 0 aliphatic carbocycles. The minimum atomic E-state index is -0.171. The van der Waals surface area contributed by atoms with E-state index in [1.54, 1.807) is 18.3 Å². The molecule has 1 N–H and O–H groups in total. The van der Waals surface area contributed by atoms with Gasteiger partial charge in [-0.05, 0) is 64.1 Å². The summed E-state index contributed by atoms with van der Waals surface area (Å²) < 4.78 is 5.22. The molecule has 2 heterocycles. The third-order valence-corrected chi connectivity index (χ3v) is 5.84. The lowest BCUT2D eigenvalue weighted by atomic mass is 10.2. The molecule has 1 aromatic carbocycles. The monoisotopic (exact) mass is 410 g/mol. The van der Waals surface area contributed by atoms with Crippen molar-refractivity contribution in [1.82, 2.24) is 10.1 Å². The highest BCUT2D eigenvalue weighted by Gasteiger charge is 2.16. The van der Waals surface area contributed by atoms with Crippen molar-refractivity contribution in [3.8, 4) is 0 Å². The molecule has 0 aliphatic rings. The number of nitrogens with one attached hydrogen (secondary N) is 1. The number of carbonyl (C=O) groups excluding carboxylic acids is 1. The molecule has 0 bridgehead atoms. The molecule has 0 unspecified atom stereocenters. The van der Waals surface area contributed by atoms with E-state index in [1.807, 2.05) is 38.1 Å². The number of aryl methyl sites for hydroxylation is 2. The Labute approximate surface area is 175 Å². The van der Waals surface area contributed by atoms with Crippen LogP contribution in [0.2, 0.25) is 0 Å². The fourth-order valence-corrected chi connectivity index (χ4v) is 4.21. The number of thioether (sulfide) groups is 1. The first-order chi connectivity index (χ1) is 14.0. The SMILES string of the molecule is CCN(CC)c1ccc(NC(=O)c2cccnc2SCc2c(C)noc2C)cc1. The van der Waals surface area contributed by atoms with Crippen LogP contribution >= 0.6 is 11.8 Å². The van der Waals surface area contributed by atoms with Gasteiger partial charge in [0.1, 0.15) is 10.8 Å². The Morgan fingerprint density at radius 3 is 2.48 bits per heavy atom. The quantitative estimate of drug-likeness (QED) is 0.522. The number of benzene rings is 1. The van der Waals surface area contributed by atoms with E-state index in [0.717, 1.165) is 41.5 Å². The van der Waals surface area contributed by atoms with Gasteiger partial charge in [-0.2, -0.15) is 0 Å². The van der Waals surface area contributed by atoms with Crippen molar-refractivity contribution in [3.63, 3.8) is 0 Å². The van der Waals surface area contributed by atoms with Gasteiger partial charge >= 0.3 is 0 Å². The summed E-state index contributed by atoms with van der Waals surface area (Å²) in [7, 11) is 0. The summed E-state index contributed by atoms with van der Waals surface area (Å²) in [4.78, 5) is 19.5. The zero-order chi connectivity index (χ0) is 20.8. The van der Waals surface area contributed by atoms with Crippen molar-refractivity contribution in [2.75, 3.05) is 23.3 Å². The normalized spacial score (nSPS) is 10.8. The summed E-state index contributed by atoms with van der Waals surface area (Å²) in [6.07, 6.45) is 1.70. The highest BCUT2D eigenvalue weighted by atomic mass is 32.2. The van der Waals surface area contributed by atoms with Crippen LogP contribution in [0, 0.1) is 13.8 Å². The fourth-order valence-electron chi connectivity index (χ4n) is 3.07. The topological polar surface area (TPSA) is 71.3 Å². The molecule has 0 fully saturated rings. The lowest BCUT2D eigenvalue weighted by Gasteiger charge is -2.21. The second-order valence-corrected chi connectivity index (χ2v) is 7.58. The van der Waals surface area contributed by atoms with E-state index in [0.29, 0.717) is 16.3 Å². The molecule has 0 aliphatic heterocycles. The number of anilines is 2. The van der Waals surface area contributed by atoms with Gasteiger partial charge in [-0.1, -0.05) is 5.16 Å². The first-order valence-electron chi connectivity index (χ1n) is 9.69. The van der Waals surface area contributed by atoms with Gasteiger partial charge in [0.25, 0.3) is 5.91 Å². The summed E-state index contributed by atoms with van der Waals surface area (Å²) in [5.41, 5.74) is 4.36. The second kappa shape index (κ2) is 9.60. The van der Waals surface area contributed by atoms with E-state index in [2.05, 4.69) is 34.2 Å². The van der Waals surface area contributed by atoms with Gasteiger partial charge in [0.15, 0.2) is 0 Å². The number of hydrogen-bond acceptors (Lipinski definition) is 6. The molecule has 0 saturated heterocycles. The zero-order valence-corrected chi connectivity index (χ0v) is 18.0. The van der Waals surface area contributed by atoms with Crippen molar-refractivity contribution in [1.29, 1.82) is 0 Å². The molecule has 3 aromatic rings. The number of amides is 1. The minimum Gasteiger partial charge on any atom is -0.372 e. The maximum atomic E-state index is 12.9. The van der Waals surface area contributed by atoms with E-state index >= 15 is 0 Å². The maximum Gasteiger partial charge on any atom is 0.258 e. The van der Waals surface area contributed by atoms with Crippen LogP contribution in [0.1, 0.15) is 41.2 Å². The Balaban J connectivity index is 1.71. The van der Waals surface area contributed by atoms with Crippen LogP contribution in [0.3, 0.4) is 0 Å². The summed E-state index contributed by atoms with van der Waals surface area (Å²) >= 11 is 1.51. The summed E-state index contributed by atoms with van der Waals surface area (Å²) in [6.45, 7) is 9.96. The number of nitrogens with zero attached hydrogens (tertiary/aromatic N) is 3. The van der Waals surface area contributed by atoms with Crippen LogP contribution in [0.4, 0.5) is 11.4 Å². The number of hydrogen-bond donors (Lipinski definition) is 1. The van der Waals surface area contributed by atoms with Gasteiger partial charge in [0.2, 0.25) is 0 Å². The zero-order valence-electron chi connectivity index (χ0n) is 17.2. The number of carbonyl (C=O) groups is 1. The summed E-state index contributed by atoms with van der Waals surface area (Å²) in [5.74, 6) is 1.27. The van der Waals surface area contributed by atoms with E-state index < -0.39 is 0 Å². The fraction of sp³-hybridized carbons (Fsp3) is 0.318. The van der Waals surface area contributed by atoms with Crippen LogP contribution < -0.4 is 10.2 Å². The molecule has 29 heavy (non-hydrogen) atoms. The molecule has 0 atom stereocenters. The molecule has 0 radical (unpaired) electrons. The van der Waals surface area contributed by atoms with Gasteiger partial charge in [-0.15, -0.1) is 11.8 Å². The first-order valence-corrected chi connectivity index (χ1v) is 10.7. The van der Waals surface area contributed by atoms with Crippen LogP contribution in [0.25, 0.3) is 0 Å². The lowest BCUT2D eigenvalue weighted by molar-refractivity contribution is 0.102. The highest BCUT2D eigenvalue weighted by molar-refractivity contribution is 7.98. The van der Waals surface area contributed by atoms with Crippen LogP contribution in [-0.4, -0.2) is 29.1 Å². The molecular weight excluding hydrogens is 384 g/mol. The Morgan fingerprint density at radius 1 is 1.14 bits per heavy atom. The van der Waals surface area contributed by atoms with Gasteiger partial charge in [0, 0.05) is 42.0 Å². The van der Waals surface area contributed by atoms with Crippen molar-refractivity contribution < 1.29 is 9.32 Å². The van der Waals surface area contributed by atoms with Crippen molar-refractivity contribution >= 4 is 29.0 Å². The average Bonchev–Trinajstić information content (AvgIpc) is 3.06. The van der Waals surface area contributed by atoms with Crippen molar-refractivity contribution in [2.24, 2.45) is 0 Å². The van der Waals surface area contributed by atoms with Crippen molar-refractivity contribution in [2.45, 2.75) is 38.5 Å². The van der Waals surface area contributed by atoms with Crippen LogP contribution in [-0.2, 0) is 5.75 Å². The molecule has 6 nitrogen and oxygen atoms in total. The molecule has 3 rings (SSSR count). The Kier molecular flexibility index (Phi) is 6.93. The Bertz CT molecular complexity index is 946. The number of pyridine rings is 1. The second-order valence-electron chi connectivity index (χ2n) is 6.62. The maximum absolute atomic E-state index is 12.9. The van der Waals surface area contributed by atoms with Gasteiger partial charge in [-0.25, -0.2) is 4.98 Å². The third-order valence-electron chi connectivity index (χ3n) is 4.80. The Morgan fingerprint density at radius 2 is 1.86 bits per heavy atom. The minimum absolute atomic E-state index is 0.171. The predicted octanol–water partition coefficient (Wildman–Crippen LogP) is 5.08. The summed E-state index contributed by atoms with van der Waals surface area (Å²) in [5, 5.41) is 7.64. The standard InChI is InChI=1S/C22H26N4O2S/c1-5-26(6-2)18-11-9-17(10-12-18)24-21(27)19-8-7-13-23-22(19)29-14-20-15(3)25-28-16(20)4/h7-13H,5-6,14H2,1-4H3,(H,24,27). The van der Waals surface area contributed by atoms with Crippen LogP contribution in [0.15, 0.2) is 52.1 Å². The first kappa shape index (κ1) is 20.9. The van der Waals surface area contributed by atoms with Gasteiger partial charge in [-0.3, -0.25) is 4.79 Å². The molecule has 0 spiro atoms. The molecular formula is C22H26N4O2S. The van der Waals surface area contributed by atoms with Crippen LogP contribution in [0.5, 0.6) is 0 Å². The average molecular weight is 411 g/mol. The van der Waals surface area contributed by atoms with Gasteiger partial charge < -0.3 is 14.7 Å². The number of rotatable bonds is 8. The smallest absolute Gasteiger partial charge is 0.258 e. The summed E-state index contributed by atoms with van der Waals surface area (Å²) in [6, 6.07) is 11.5. The molecule has 0 saturated carbocycles. The third kappa shape index (κ3) is 4.98. The molecule has 2 aromatic heterocycles. The van der Waals surface area contributed by atoms with E-state index in [4.69, 9.17) is 4.52 Å². The predicted molar refractivity (Wildman–Crippen MR) is 118 cm³/mol. The van der Waals surface area contributed by atoms with Crippen molar-refractivity contribution in [3.05, 3.63) is 65.2 Å². The lowest BCUT2D eigenvalue weighted by Crippen LogP contribution is -2.21. The van der Waals surface area contributed by atoms with E-state index in [-0.39, 0.29) is 5.91 Å². The highest BCUT2D eigenvalue weighted by Crippen LogP contribution is 2.28.